The van der Waals surface area contributed by atoms with E-state index in [4.69, 9.17) is 4.98 Å². The maximum atomic E-state index is 14.3. The van der Waals surface area contributed by atoms with Gasteiger partial charge in [-0.25, -0.2) is 13.4 Å². The Labute approximate surface area is 302 Å². The summed E-state index contributed by atoms with van der Waals surface area (Å²) in [5.74, 6) is 0.847. The number of para-hydroxylation sites is 1. The lowest BCUT2D eigenvalue weighted by Gasteiger charge is -2.22. The van der Waals surface area contributed by atoms with Crippen LogP contribution in [0.5, 0.6) is 0 Å². The van der Waals surface area contributed by atoms with Gasteiger partial charge in [0.1, 0.15) is 5.82 Å². The highest BCUT2D eigenvalue weighted by molar-refractivity contribution is 7.92. The van der Waals surface area contributed by atoms with Crippen molar-refractivity contribution in [2.75, 3.05) is 0 Å². The summed E-state index contributed by atoms with van der Waals surface area (Å²) in [6, 6.07) is 56.3. The van der Waals surface area contributed by atoms with E-state index in [-0.39, 0.29) is 0 Å². The summed E-state index contributed by atoms with van der Waals surface area (Å²) in [6.45, 7) is 2.05. The number of aryl methyl sites for hydroxylation is 1. The molecule has 0 fully saturated rings. The molecule has 1 aliphatic heterocycles. The number of imidazole rings is 1. The van der Waals surface area contributed by atoms with Crippen LogP contribution in [0.1, 0.15) is 12.7 Å². The zero-order chi connectivity index (χ0) is 35.0. The van der Waals surface area contributed by atoms with Crippen molar-refractivity contribution < 1.29 is 8.42 Å². The first kappa shape index (κ1) is 30.5. The summed E-state index contributed by atoms with van der Waals surface area (Å²) in [7, 11) is -3.79. The molecule has 4 nitrogen and oxygen atoms in total. The van der Waals surface area contributed by atoms with Crippen molar-refractivity contribution >= 4 is 42.4 Å². The van der Waals surface area contributed by atoms with Crippen LogP contribution in [-0.2, 0) is 16.3 Å². The van der Waals surface area contributed by atoms with Crippen molar-refractivity contribution in [2.45, 2.75) is 23.1 Å². The quantitative estimate of drug-likeness (QED) is 0.169. The standard InChI is InChI=1S/C47H32N2O2S/c1-2-44-48-40-21-12-22-42-47(40)49(44)41-26-24-34(29-43(41)52(42,50)51)33-23-25-38-39(28-33)46(35-18-11-17-32(27-35)30-13-5-3-6-14-30)37-20-10-9-19-36(37)45(38)31-15-7-4-8-16-31/h3-29H,2H2,1H3. The first-order chi connectivity index (χ1) is 25.5. The molecule has 0 saturated heterocycles. The Hall–Kier alpha value is -6.30. The molecular formula is C47H32N2O2S. The minimum absolute atomic E-state index is 0.303. The number of hydrogen-bond acceptors (Lipinski definition) is 3. The molecule has 8 aromatic carbocycles. The van der Waals surface area contributed by atoms with Gasteiger partial charge in [-0.15, -0.1) is 0 Å². The van der Waals surface area contributed by atoms with E-state index in [1.165, 1.54) is 10.9 Å². The van der Waals surface area contributed by atoms with E-state index in [2.05, 4.69) is 128 Å². The SMILES string of the molecule is CCc1nc2cccc3c2n1-c1ccc(-c2ccc4c(-c5ccccc5)c5ccccc5c(-c5cccc(-c6ccccc6)c5)c4c2)cc1S3(=O)=O. The minimum Gasteiger partial charge on any atom is -0.294 e. The van der Waals surface area contributed by atoms with Crippen LogP contribution in [0.25, 0.3) is 82.8 Å². The van der Waals surface area contributed by atoms with Crippen molar-refractivity contribution in [3.05, 3.63) is 170 Å². The molecule has 0 aliphatic carbocycles. The van der Waals surface area contributed by atoms with Gasteiger partial charge in [0.25, 0.3) is 0 Å². The van der Waals surface area contributed by atoms with Gasteiger partial charge in [0.15, 0.2) is 0 Å². The number of aromatic nitrogens is 2. The second-order valence-electron chi connectivity index (χ2n) is 13.4. The van der Waals surface area contributed by atoms with E-state index in [1.54, 1.807) is 12.1 Å². The van der Waals surface area contributed by atoms with Crippen LogP contribution in [0.2, 0.25) is 0 Å². The summed E-state index contributed by atoms with van der Waals surface area (Å²) in [5, 5.41) is 4.60. The van der Waals surface area contributed by atoms with Gasteiger partial charge in [-0.1, -0.05) is 134 Å². The van der Waals surface area contributed by atoms with Crippen LogP contribution in [0.3, 0.4) is 0 Å². The lowest BCUT2D eigenvalue weighted by Crippen LogP contribution is -2.16. The van der Waals surface area contributed by atoms with Crippen LogP contribution in [0.4, 0.5) is 0 Å². The molecule has 52 heavy (non-hydrogen) atoms. The van der Waals surface area contributed by atoms with Crippen molar-refractivity contribution in [1.82, 2.24) is 9.55 Å². The Balaban J connectivity index is 1.25. The molecule has 5 heteroatoms. The molecule has 0 spiro atoms. The number of rotatable bonds is 5. The summed E-state index contributed by atoms with van der Waals surface area (Å²) in [6.07, 6.45) is 0.686. The van der Waals surface area contributed by atoms with Crippen LogP contribution < -0.4 is 0 Å². The number of benzene rings is 8. The normalized spacial score (nSPS) is 13.1. The molecule has 9 aromatic rings. The Morgan fingerprint density at radius 1 is 0.481 bits per heavy atom. The molecule has 0 radical (unpaired) electrons. The van der Waals surface area contributed by atoms with Gasteiger partial charge < -0.3 is 0 Å². The molecule has 248 valence electrons. The topological polar surface area (TPSA) is 52.0 Å². The van der Waals surface area contributed by atoms with Gasteiger partial charge in [0, 0.05) is 6.42 Å². The van der Waals surface area contributed by atoms with Crippen molar-refractivity contribution in [3.63, 3.8) is 0 Å². The van der Waals surface area contributed by atoms with E-state index < -0.39 is 9.84 Å². The largest absolute Gasteiger partial charge is 0.294 e. The molecule has 0 atom stereocenters. The second-order valence-corrected chi connectivity index (χ2v) is 15.3. The van der Waals surface area contributed by atoms with Gasteiger partial charge >= 0.3 is 0 Å². The third kappa shape index (κ3) is 4.52. The van der Waals surface area contributed by atoms with E-state index >= 15 is 0 Å². The zero-order valence-electron chi connectivity index (χ0n) is 28.4. The van der Waals surface area contributed by atoms with Gasteiger partial charge in [-0.3, -0.25) is 4.57 Å². The Morgan fingerprint density at radius 2 is 1.06 bits per heavy atom. The first-order valence-electron chi connectivity index (χ1n) is 17.6. The van der Waals surface area contributed by atoms with Crippen molar-refractivity contribution in [2.24, 2.45) is 0 Å². The molecule has 1 aromatic heterocycles. The highest BCUT2D eigenvalue weighted by Gasteiger charge is 2.33. The van der Waals surface area contributed by atoms with Gasteiger partial charge in [-0.05, 0) is 102 Å². The number of hydrogen-bond donors (Lipinski definition) is 0. The second kappa shape index (κ2) is 11.6. The lowest BCUT2D eigenvalue weighted by molar-refractivity contribution is 0.594. The van der Waals surface area contributed by atoms with Crippen molar-refractivity contribution in [3.8, 4) is 50.2 Å². The monoisotopic (exact) mass is 688 g/mol. The fraction of sp³-hybridized carbons (Fsp3) is 0.0426. The molecule has 1 aliphatic rings. The van der Waals surface area contributed by atoms with Crippen LogP contribution in [0, 0.1) is 0 Å². The molecule has 10 rings (SSSR count). The van der Waals surface area contributed by atoms with Crippen LogP contribution in [0.15, 0.2) is 174 Å². The molecule has 0 amide bonds. The highest BCUT2D eigenvalue weighted by Crippen LogP contribution is 2.46. The maximum absolute atomic E-state index is 14.3. The molecule has 0 unspecified atom stereocenters. The van der Waals surface area contributed by atoms with Gasteiger partial charge in [0.05, 0.1) is 26.5 Å². The summed E-state index contributed by atoms with van der Waals surface area (Å²) < 4.78 is 30.6. The third-order valence-corrected chi connectivity index (χ3v) is 12.3. The molecular weight excluding hydrogens is 657 g/mol. The molecule has 0 N–H and O–H groups in total. The van der Waals surface area contributed by atoms with E-state index in [0.29, 0.717) is 32.9 Å². The molecule has 2 heterocycles. The summed E-state index contributed by atoms with van der Waals surface area (Å²) in [5.41, 5.74) is 10.7. The van der Waals surface area contributed by atoms with Gasteiger partial charge in [-0.2, -0.15) is 0 Å². The third-order valence-electron chi connectivity index (χ3n) is 10.5. The predicted octanol–water partition coefficient (Wildman–Crippen LogP) is 11.7. The Morgan fingerprint density at radius 3 is 1.81 bits per heavy atom. The maximum Gasteiger partial charge on any atom is 0.210 e. The minimum atomic E-state index is -3.79. The van der Waals surface area contributed by atoms with E-state index in [0.717, 1.165) is 60.9 Å². The average Bonchev–Trinajstić information content (AvgIpc) is 3.59. The average molecular weight is 689 g/mol. The summed E-state index contributed by atoms with van der Waals surface area (Å²) >= 11 is 0. The fourth-order valence-electron chi connectivity index (χ4n) is 8.14. The van der Waals surface area contributed by atoms with Gasteiger partial charge in [0.2, 0.25) is 9.84 Å². The highest BCUT2D eigenvalue weighted by atomic mass is 32.2. The Bertz CT molecular complexity index is 3000. The van der Waals surface area contributed by atoms with Crippen LogP contribution in [-0.4, -0.2) is 18.0 Å². The molecule has 0 saturated carbocycles. The number of fused-ring (bicyclic) bond motifs is 4. The molecule has 0 bridgehead atoms. The van der Waals surface area contributed by atoms with E-state index in [9.17, 15) is 8.42 Å². The predicted molar refractivity (Wildman–Crippen MR) is 213 cm³/mol. The number of nitrogens with zero attached hydrogens (tertiary/aromatic N) is 2. The van der Waals surface area contributed by atoms with E-state index in [1.807, 2.05) is 34.9 Å². The first-order valence-corrected chi connectivity index (χ1v) is 19.1. The fourth-order valence-corrected chi connectivity index (χ4v) is 9.80. The smallest absolute Gasteiger partial charge is 0.210 e. The van der Waals surface area contributed by atoms with Crippen molar-refractivity contribution in [1.29, 1.82) is 0 Å². The van der Waals surface area contributed by atoms with Crippen LogP contribution >= 0.6 is 0 Å². The Kier molecular flexibility index (Phi) is 6.82. The lowest BCUT2D eigenvalue weighted by atomic mass is 9.84. The number of sulfone groups is 1. The summed E-state index contributed by atoms with van der Waals surface area (Å²) in [4.78, 5) is 5.41. The zero-order valence-corrected chi connectivity index (χ0v) is 29.2.